The molecule has 1 fully saturated rings. The van der Waals surface area contributed by atoms with Crippen LogP contribution in [0.5, 0.6) is 5.75 Å². The highest BCUT2D eigenvalue weighted by Gasteiger charge is 2.32. The first kappa shape index (κ1) is 23.1. The number of esters is 1. The number of para-hydroxylation sites is 1. The average Bonchev–Trinajstić information content (AvgIpc) is 2.91. The number of rotatable bonds is 4. The lowest BCUT2D eigenvalue weighted by molar-refractivity contribution is -0.146. The van der Waals surface area contributed by atoms with E-state index < -0.39 is 0 Å². The first-order valence-corrected chi connectivity index (χ1v) is 12.2. The van der Waals surface area contributed by atoms with Crippen LogP contribution in [-0.2, 0) is 16.0 Å². The Morgan fingerprint density at radius 1 is 1.00 bits per heavy atom. The van der Waals surface area contributed by atoms with Crippen molar-refractivity contribution in [2.24, 2.45) is 5.92 Å². The van der Waals surface area contributed by atoms with Gasteiger partial charge in [-0.3, -0.25) is 9.59 Å². The van der Waals surface area contributed by atoms with Gasteiger partial charge in [0.15, 0.2) is 0 Å². The third-order valence-electron chi connectivity index (χ3n) is 7.16. The lowest BCUT2D eigenvalue weighted by atomic mass is 9.85. The maximum absolute atomic E-state index is 13.9. The molecule has 0 N–H and O–H groups in total. The fraction of sp³-hybridized carbons (Fsp3) is 0.345. The van der Waals surface area contributed by atoms with E-state index >= 15 is 0 Å². The van der Waals surface area contributed by atoms with Crippen molar-refractivity contribution in [3.63, 3.8) is 0 Å². The number of nitrogens with zero attached hydrogens (tertiary/aromatic N) is 2. The van der Waals surface area contributed by atoms with Crippen LogP contribution >= 0.6 is 0 Å². The van der Waals surface area contributed by atoms with Crippen LogP contribution in [0.4, 0.5) is 0 Å². The molecule has 2 heterocycles. The summed E-state index contributed by atoms with van der Waals surface area (Å²) in [7, 11) is 3.09. The number of hydrogen-bond donors (Lipinski definition) is 0. The summed E-state index contributed by atoms with van der Waals surface area (Å²) in [6.07, 6.45) is 6.16. The minimum absolute atomic E-state index is 0.0360. The molecule has 1 aliphatic heterocycles. The summed E-state index contributed by atoms with van der Waals surface area (Å²) in [6.45, 7) is 1.11. The van der Waals surface area contributed by atoms with Gasteiger partial charge in [0.05, 0.1) is 36.9 Å². The lowest BCUT2D eigenvalue weighted by Gasteiger charge is -2.32. The fourth-order valence-corrected chi connectivity index (χ4v) is 5.26. The van der Waals surface area contributed by atoms with E-state index in [4.69, 9.17) is 14.5 Å². The number of piperidine rings is 1. The zero-order valence-corrected chi connectivity index (χ0v) is 20.3. The van der Waals surface area contributed by atoms with Gasteiger partial charge >= 0.3 is 5.97 Å². The van der Waals surface area contributed by atoms with Crippen LogP contribution in [0.2, 0.25) is 0 Å². The Morgan fingerprint density at radius 3 is 2.46 bits per heavy atom. The van der Waals surface area contributed by atoms with E-state index in [9.17, 15) is 9.59 Å². The van der Waals surface area contributed by atoms with Crippen LogP contribution < -0.4 is 4.74 Å². The molecule has 35 heavy (non-hydrogen) atoms. The number of likely N-dealkylation sites (tertiary alicyclic amines) is 1. The first-order valence-electron chi connectivity index (χ1n) is 12.2. The fourth-order valence-electron chi connectivity index (χ4n) is 5.26. The molecule has 1 aliphatic carbocycles. The topological polar surface area (TPSA) is 68.7 Å². The van der Waals surface area contributed by atoms with E-state index in [1.165, 1.54) is 7.11 Å². The molecular formula is C29H30N2O4. The molecule has 0 unspecified atom stereocenters. The number of aromatic nitrogens is 1. The monoisotopic (exact) mass is 470 g/mol. The molecular weight excluding hydrogens is 440 g/mol. The number of amides is 1. The predicted molar refractivity (Wildman–Crippen MR) is 136 cm³/mol. The number of pyridine rings is 1. The van der Waals surface area contributed by atoms with Gasteiger partial charge in [0, 0.05) is 18.5 Å². The normalized spacial score (nSPS) is 17.3. The predicted octanol–water partition coefficient (Wildman–Crippen LogP) is 5.15. The van der Waals surface area contributed by atoms with E-state index in [0.29, 0.717) is 25.9 Å². The van der Waals surface area contributed by atoms with Crippen LogP contribution in [0.25, 0.3) is 22.6 Å². The maximum atomic E-state index is 13.9. The third kappa shape index (κ3) is 4.53. The van der Waals surface area contributed by atoms with Crippen LogP contribution in [0.15, 0.2) is 48.5 Å². The van der Waals surface area contributed by atoms with Gasteiger partial charge in [0.2, 0.25) is 0 Å². The second-order valence-electron chi connectivity index (χ2n) is 9.22. The number of ether oxygens (including phenoxy) is 2. The molecule has 6 nitrogen and oxygen atoms in total. The largest absolute Gasteiger partial charge is 0.497 e. The quantitative estimate of drug-likeness (QED) is 0.494. The number of benzene rings is 2. The molecule has 0 saturated carbocycles. The third-order valence-corrected chi connectivity index (χ3v) is 7.16. The summed E-state index contributed by atoms with van der Waals surface area (Å²) >= 11 is 0. The molecule has 2 aromatic carbocycles. The minimum atomic E-state index is -0.183. The highest BCUT2D eigenvalue weighted by molar-refractivity contribution is 6.09. The lowest BCUT2D eigenvalue weighted by Crippen LogP contribution is -2.41. The van der Waals surface area contributed by atoms with Crippen molar-refractivity contribution in [1.82, 2.24) is 9.88 Å². The molecule has 3 aromatic rings. The smallest absolute Gasteiger partial charge is 0.308 e. The van der Waals surface area contributed by atoms with E-state index in [2.05, 4.69) is 6.08 Å². The Hall–Kier alpha value is -3.67. The maximum Gasteiger partial charge on any atom is 0.308 e. The van der Waals surface area contributed by atoms with Crippen molar-refractivity contribution in [3.8, 4) is 5.75 Å². The van der Waals surface area contributed by atoms with E-state index in [1.54, 1.807) is 7.11 Å². The molecule has 2 aliphatic rings. The van der Waals surface area contributed by atoms with Gasteiger partial charge < -0.3 is 14.4 Å². The molecule has 1 amide bonds. The number of allylic oxidation sites excluding steroid dienone is 1. The summed E-state index contributed by atoms with van der Waals surface area (Å²) in [5.41, 5.74) is 5.80. The number of methoxy groups -OCH3 is 2. The summed E-state index contributed by atoms with van der Waals surface area (Å²) in [5.74, 6) is 0.543. The van der Waals surface area contributed by atoms with E-state index in [0.717, 1.165) is 63.9 Å². The summed E-state index contributed by atoms with van der Waals surface area (Å²) in [5, 5.41) is 0.900. The Balaban J connectivity index is 1.54. The Kier molecular flexibility index (Phi) is 6.53. The van der Waals surface area contributed by atoms with Crippen molar-refractivity contribution >= 4 is 34.4 Å². The minimum Gasteiger partial charge on any atom is -0.497 e. The zero-order chi connectivity index (χ0) is 24.4. The second-order valence-corrected chi connectivity index (χ2v) is 9.22. The molecule has 1 saturated heterocycles. The summed E-state index contributed by atoms with van der Waals surface area (Å²) < 4.78 is 10.2. The molecule has 1 aromatic heterocycles. The molecule has 0 atom stereocenters. The second kappa shape index (κ2) is 9.90. The average molecular weight is 471 g/mol. The number of carbonyl (C=O) groups is 2. The van der Waals surface area contributed by atoms with Crippen LogP contribution in [0, 0.1) is 5.92 Å². The van der Waals surface area contributed by atoms with Gasteiger partial charge in [-0.15, -0.1) is 0 Å². The van der Waals surface area contributed by atoms with Crippen molar-refractivity contribution in [3.05, 3.63) is 70.9 Å². The van der Waals surface area contributed by atoms with Crippen molar-refractivity contribution < 1.29 is 19.1 Å². The highest BCUT2D eigenvalue weighted by Crippen LogP contribution is 2.37. The Labute approximate surface area is 205 Å². The van der Waals surface area contributed by atoms with Crippen LogP contribution in [0.1, 0.15) is 52.9 Å². The van der Waals surface area contributed by atoms with Gasteiger partial charge in [-0.25, -0.2) is 4.98 Å². The molecule has 5 rings (SSSR count). The summed E-state index contributed by atoms with van der Waals surface area (Å²) in [6, 6.07) is 15.9. The van der Waals surface area contributed by atoms with Crippen molar-refractivity contribution in [2.75, 3.05) is 27.3 Å². The Morgan fingerprint density at radius 2 is 1.74 bits per heavy atom. The van der Waals surface area contributed by atoms with E-state index in [1.807, 2.05) is 53.4 Å². The van der Waals surface area contributed by atoms with Crippen molar-refractivity contribution in [2.45, 2.75) is 32.1 Å². The molecule has 0 radical (unpaired) electrons. The van der Waals surface area contributed by atoms with Crippen molar-refractivity contribution in [1.29, 1.82) is 0 Å². The van der Waals surface area contributed by atoms with Gasteiger partial charge in [0.25, 0.3) is 5.91 Å². The SMILES string of the molecule is COC(=O)C1CCN(C(=O)c2c3c(nc4ccccc24)/C(=C/c2ccc(OC)cc2)CCC3)CC1. The standard InChI is InChI=1S/C29H30N2O4/c1-34-22-12-10-19(11-13-22)18-21-6-5-8-24-26(23-7-3-4-9-25(23)30-27(21)24)28(32)31-16-14-20(15-17-31)29(33)35-2/h3-4,7,9-13,18,20H,5-6,8,14-17H2,1-2H3/b21-18+. The van der Waals surface area contributed by atoms with Gasteiger partial charge in [-0.05, 0) is 73.1 Å². The number of hydrogen-bond acceptors (Lipinski definition) is 5. The van der Waals surface area contributed by atoms with Crippen LogP contribution in [-0.4, -0.2) is 49.1 Å². The Bertz CT molecular complexity index is 1290. The first-order chi connectivity index (χ1) is 17.1. The van der Waals surface area contributed by atoms with Crippen LogP contribution in [0.3, 0.4) is 0 Å². The molecule has 180 valence electrons. The van der Waals surface area contributed by atoms with Gasteiger partial charge in [0.1, 0.15) is 5.75 Å². The van der Waals surface area contributed by atoms with Gasteiger partial charge in [-0.1, -0.05) is 30.3 Å². The summed E-state index contributed by atoms with van der Waals surface area (Å²) in [4.78, 5) is 32.8. The molecule has 0 spiro atoms. The molecule has 0 bridgehead atoms. The molecule has 6 heteroatoms. The number of carbonyl (C=O) groups excluding carboxylic acids is 2. The zero-order valence-electron chi connectivity index (χ0n) is 20.3. The highest BCUT2D eigenvalue weighted by atomic mass is 16.5. The van der Waals surface area contributed by atoms with E-state index in [-0.39, 0.29) is 17.8 Å². The van der Waals surface area contributed by atoms with Gasteiger partial charge in [-0.2, -0.15) is 0 Å². The number of fused-ring (bicyclic) bond motifs is 2.